The molecule has 1 aromatic rings. The fourth-order valence-corrected chi connectivity index (χ4v) is 1.89. The van der Waals surface area contributed by atoms with Crippen LogP contribution in [0.25, 0.3) is 0 Å². The molecule has 0 saturated carbocycles. The van der Waals surface area contributed by atoms with Gasteiger partial charge < -0.3 is 10.4 Å². The Morgan fingerprint density at radius 2 is 1.79 bits per heavy atom. The van der Waals surface area contributed by atoms with Gasteiger partial charge in [0.1, 0.15) is 0 Å². The second-order valence-electron chi connectivity index (χ2n) is 4.89. The highest BCUT2D eigenvalue weighted by Gasteiger charge is 2.09. The first-order valence-electron chi connectivity index (χ1n) is 6.61. The number of amides is 1. The molecule has 4 heteroatoms. The fourth-order valence-electron chi connectivity index (χ4n) is 1.89. The van der Waals surface area contributed by atoms with E-state index in [0.717, 1.165) is 11.3 Å². The minimum absolute atomic E-state index is 0.0570. The maximum absolute atomic E-state index is 11.8. The number of aliphatic carboxylic acids is 1. The van der Waals surface area contributed by atoms with Crippen molar-refractivity contribution in [1.82, 2.24) is 0 Å². The van der Waals surface area contributed by atoms with Crippen molar-refractivity contribution in [2.24, 2.45) is 0 Å². The van der Waals surface area contributed by atoms with Gasteiger partial charge in [-0.05, 0) is 30.4 Å². The Morgan fingerprint density at radius 3 is 2.42 bits per heavy atom. The fraction of sp³-hybridized carbons (Fsp3) is 0.467. The summed E-state index contributed by atoms with van der Waals surface area (Å²) in [4.78, 5) is 22.1. The van der Waals surface area contributed by atoms with E-state index in [9.17, 15) is 9.59 Å². The molecule has 0 unspecified atom stereocenters. The molecule has 0 aromatic heterocycles. The minimum atomic E-state index is -0.814. The number of benzene rings is 1. The van der Waals surface area contributed by atoms with Crippen molar-refractivity contribution in [3.8, 4) is 0 Å². The van der Waals surface area contributed by atoms with Gasteiger partial charge >= 0.3 is 5.97 Å². The van der Waals surface area contributed by atoms with Crippen LogP contribution >= 0.6 is 0 Å². The van der Waals surface area contributed by atoms with E-state index in [2.05, 4.69) is 19.2 Å². The van der Waals surface area contributed by atoms with Crippen LogP contribution < -0.4 is 5.32 Å². The smallest absolute Gasteiger partial charge is 0.303 e. The summed E-state index contributed by atoms with van der Waals surface area (Å²) >= 11 is 0. The van der Waals surface area contributed by atoms with Crippen LogP contribution in [0.3, 0.4) is 0 Å². The lowest BCUT2D eigenvalue weighted by molar-refractivity contribution is -0.137. The third-order valence-electron chi connectivity index (χ3n) is 2.90. The van der Waals surface area contributed by atoms with Crippen LogP contribution in [0.4, 0.5) is 5.69 Å². The number of carboxylic acids is 1. The summed E-state index contributed by atoms with van der Waals surface area (Å²) in [5.74, 6) is -0.521. The molecule has 0 aliphatic carbocycles. The molecule has 2 N–H and O–H groups in total. The Kier molecular flexibility index (Phi) is 6.06. The van der Waals surface area contributed by atoms with Gasteiger partial charge in [-0.15, -0.1) is 0 Å². The van der Waals surface area contributed by atoms with Crippen molar-refractivity contribution in [1.29, 1.82) is 0 Å². The van der Waals surface area contributed by atoms with Crippen LogP contribution in [0.2, 0.25) is 0 Å². The number of anilines is 1. The zero-order chi connectivity index (χ0) is 14.3. The van der Waals surface area contributed by atoms with Crippen LogP contribution in [-0.4, -0.2) is 17.0 Å². The molecule has 1 aromatic carbocycles. The summed E-state index contributed by atoms with van der Waals surface area (Å²) in [6, 6.07) is 7.75. The summed E-state index contributed by atoms with van der Waals surface area (Å²) in [6.45, 7) is 4.16. The normalized spacial score (nSPS) is 10.5. The zero-order valence-corrected chi connectivity index (χ0v) is 11.5. The van der Waals surface area contributed by atoms with Crippen LogP contribution in [0.1, 0.15) is 51.0 Å². The molecule has 0 aliphatic heterocycles. The van der Waals surface area contributed by atoms with E-state index in [-0.39, 0.29) is 12.3 Å². The number of hydrogen-bond acceptors (Lipinski definition) is 2. The highest BCUT2D eigenvalue weighted by molar-refractivity contribution is 5.91. The predicted octanol–water partition coefficient (Wildman–Crippen LogP) is 3.39. The summed E-state index contributed by atoms with van der Waals surface area (Å²) in [5.41, 5.74) is 1.96. The largest absolute Gasteiger partial charge is 0.481 e. The summed E-state index contributed by atoms with van der Waals surface area (Å²) in [7, 11) is 0. The van der Waals surface area contributed by atoms with E-state index in [4.69, 9.17) is 5.11 Å². The van der Waals surface area contributed by atoms with Crippen molar-refractivity contribution in [2.45, 2.75) is 45.4 Å². The Morgan fingerprint density at radius 1 is 1.16 bits per heavy atom. The van der Waals surface area contributed by atoms with Crippen molar-refractivity contribution in [3.05, 3.63) is 29.8 Å². The van der Waals surface area contributed by atoms with Gasteiger partial charge in [-0.3, -0.25) is 9.59 Å². The van der Waals surface area contributed by atoms with Gasteiger partial charge in [0.05, 0.1) is 0 Å². The molecular formula is C15H21NO3. The third-order valence-corrected chi connectivity index (χ3v) is 2.90. The molecule has 0 saturated heterocycles. The maximum Gasteiger partial charge on any atom is 0.303 e. The SMILES string of the molecule is CC(C)c1ccccc1NC(=O)CCCCC(=O)O. The average molecular weight is 263 g/mol. The highest BCUT2D eigenvalue weighted by atomic mass is 16.4. The highest BCUT2D eigenvalue weighted by Crippen LogP contribution is 2.23. The van der Waals surface area contributed by atoms with Gasteiger partial charge in [-0.2, -0.15) is 0 Å². The number of hydrogen-bond donors (Lipinski definition) is 2. The lowest BCUT2D eigenvalue weighted by Gasteiger charge is -2.13. The molecule has 0 atom stereocenters. The molecular weight excluding hydrogens is 242 g/mol. The van der Waals surface area contributed by atoms with Gasteiger partial charge in [0.25, 0.3) is 0 Å². The molecule has 104 valence electrons. The van der Waals surface area contributed by atoms with Gasteiger partial charge in [0.2, 0.25) is 5.91 Å². The Balaban J connectivity index is 2.46. The van der Waals surface area contributed by atoms with Gasteiger partial charge in [0, 0.05) is 18.5 Å². The van der Waals surface area contributed by atoms with Crippen molar-refractivity contribution in [3.63, 3.8) is 0 Å². The number of nitrogens with one attached hydrogen (secondary N) is 1. The summed E-state index contributed by atoms with van der Waals surface area (Å²) in [5, 5.41) is 11.4. The van der Waals surface area contributed by atoms with Crippen molar-refractivity contribution >= 4 is 17.6 Å². The number of carboxylic acid groups (broad SMARTS) is 1. The number of para-hydroxylation sites is 1. The zero-order valence-electron chi connectivity index (χ0n) is 11.5. The molecule has 0 spiro atoms. The molecule has 0 bridgehead atoms. The molecule has 19 heavy (non-hydrogen) atoms. The Hall–Kier alpha value is -1.84. The second kappa shape index (κ2) is 7.56. The van der Waals surface area contributed by atoms with Crippen molar-refractivity contribution in [2.75, 3.05) is 5.32 Å². The molecule has 1 rings (SSSR count). The first-order valence-corrected chi connectivity index (χ1v) is 6.61. The van der Waals surface area contributed by atoms with Crippen LogP contribution in [0.5, 0.6) is 0 Å². The van der Waals surface area contributed by atoms with Gasteiger partial charge in [-0.25, -0.2) is 0 Å². The third kappa shape index (κ3) is 5.55. The monoisotopic (exact) mass is 263 g/mol. The summed E-state index contributed by atoms with van der Waals surface area (Å²) < 4.78 is 0. The van der Waals surface area contributed by atoms with E-state index in [1.807, 2.05) is 24.3 Å². The summed E-state index contributed by atoms with van der Waals surface area (Å²) in [6.07, 6.45) is 1.62. The maximum atomic E-state index is 11.8. The van der Waals surface area contributed by atoms with E-state index >= 15 is 0 Å². The Bertz CT molecular complexity index is 441. The number of rotatable bonds is 7. The molecule has 0 heterocycles. The van der Waals surface area contributed by atoms with Gasteiger partial charge in [0.15, 0.2) is 0 Å². The van der Waals surface area contributed by atoms with Crippen molar-refractivity contribution < 1.29 is 14.7 Å². The van der Waals surface area contributed by atoms with E-state index < -0.39 is 5.97 Å². The van der Waals surface area contributed by atoms with Crippen LogP contribution in [0, 0.1) is 0 Å². The number of unbranched alkanes of at least 4 members (excludes halogenated alkanes) is 1. The molecule has 4 nitrogen and oxygen atoms in total. The van der Waals surface area contributed by atoms with E-state index in [1.54, 1.807) is 0 Å². The molecule has 0 fully saturated rings. The lowest BCUT2D eigenvalue weighted by Crippen LogP contribution is -2.13. The molecule has 1 amide bonds. The first kappa shape index (κ1) is 15.2. The first-order chi connectivity index (χ1) is 9.00. The quantitative estimate of drug-likeness (QED) is 0.741. The molecule has 0 radical (unpaired) electrons. The number of carbonyl (C=O) groups excluding carboxylic acids is 1. The second-order valence-corrected chi connectivity index (χ2v) is 4.89. The van der Waals surface area contributed by atoms with Gasteiger partial charge in [-0.1, -0.05) is 32.0 Å². The predicted molar refractivity (Wildman–Crippen MR) is 75.3 cm³/mol. The van der Waals surface area contributed by atoms with E-state index in [1.165, 1.54) is 0 Å². The standard InChI is InChI=1S/C15H21NO3/c1-11(2)12-7-3-4-8-13(12)16-14(17)9-5-6-10-15(18)19/h3-4,7-8,11H,5-6,9-10H2,1-2H3,(H,16,17)(H,18,19). The Labute approximate surface area is 113 Å². The lowest BCUT2D eigenvalue weighted by atomic mass is 10.0. The number of carbonyl (C=O) groups is 2. The van der Waals surface area contributed by atoms with Crippen LogP contribution in [-0.2, 0) is 9.59 Å². The average Bonchev–Trinajstić information content (AvgIpc) is 2.35. The topological polar surface area (TPSA) is 66.4 Å². The molecule has 0 aliphatic rings. The van der Waals surface area contributed by atoms with E-state index in [0.29, 0.717) is 25.2 Å². The minimum Gasteiger partial charge on any atom is -0.481 e. The van der Waals surface area contributed by atoms with Crippen LogP contribution in [0.15, 0.2) is 24.3 Å².